The highest BCUT2D eigenvalue weighted by Crippen LogP contribution is 2.22. The number of aromatic nitrogens is 2. The van der Waals surface area contributed by atoms with Crippen molar-refractivity contribution in [3.05, 3.63) is 65.9 Å². The number of carbonyl (C=O) groups excluding carboxylic acids is 1. The lowest BCUT2D eigenvalue weighted by atomic mass is 10.2. The number of nitro benzene ring substituents is 1. The number of nitrogens with one attached hydrogen (secondary N) is 3. The highest BCUT2D eigenvalue weighted by atomic mass is 35.5. The third-order valence-corrected chi connectivity index (χ3v) is 2.79. The van der Waals surface area contributed by atoms with E-state index in [1.54, 1.807) is 0 Å². The standard InChI is InChI=1S/C11H7ClN4O5/c12-7-3-5(16(20)21)1-2-6(7)9(17)14-8-4-13-11(19)15-10(8)18/h1-4H,(H,14,17)(H2,13,15,18,19). The van der Waals surface area contributed by atoms with Crippen LogP contribution in [0, 0.1) is 10.1 Å². The lowest BCUT2D eigenvalue weighted by Crippen LogP contribution is -2.26. The van der Waals surface area contributed by atoms with E-state index in [9.17, 15) is 24.5 Å². The highest BCUT2D eigenvalue weighted by molar-refractivity contribution is 6.34. The van der Waals surface area contributed by atoms with Gasteiger partial charge in [-0.25, -0.2) is 4.79 Å². The first-order chi connectivity index (χ1) is 9.88. The Morgan fingerprint density at radius 3 is 2.62 bits per heavy atom. The molecule has 108 valence electrons. The molecular formula is C11H7ClN4O5. The fraction of sp³-hybridized carbons (Fsp3) is 0. The van der Waals surface area contributed by atoms with Crippen molar-refractivity contribution in [1.29, 1.82) is 0 Å². The summed E-state index contributed by atoms with van der Waals surface area (Å²) in [5.41, 5.74) is -2.00. The van der Waals surface area contributed by atoms with Crippen LogP contribution in [-0.4, -0.2) is 20.8 Å². The molecule has 21 heavy (non-hydrogen) atoms. The molecule has 2 aromatic rings. The zero-order chi connectivity index (χ0) is 15.6. The summed E-state index contributed by atoms with van der Waals surface area (Å²) in [4.78, 5) is 48.2. The van der Waals surface area contributed by atoms with Gasteiger partial charge in [-0.05, 0) is 6.07 Å². The molecule has 0 aliphatic carbocycles. The number of hydrogen-bond acceptors (Lipinski definition) is 5. The monoisotopic (exact) mass is 310 g/mol. The third-order valence-electron chi connectivity index (χ3n) is 2.48. The number of carbonyl (C=O) groups is 1. The summed E-state index contributed by atoms with van der Waals surface area (Å²) in [5.74, 6) is -0.743. The summed E-state index contributed by atoms with van der Waals surface area (Å²) in [6.45, 7) is 0. The van der Waals surface area contributed by atoms with Gasteiger partial charge in [0.2, 0.25) is 0 Å². The summed E-state index contributed by atoms with van der Waals surface area (Å²) in [6, 6.07) is 3.29. The van der Waals surface area contributed by atoms with Crippen LogP contribution in [0.1, 0.15) is 10.4 Å². The van der Waals surface area contributed by atoms with E-state index in [-0.39, 0.29) is 22.0 Å². The van der Waals surface area contributed by atoms with Gasteiger partial charge in [0, 0.05) is 18.3 Å². The molecule has 0 unspecified atom stereocenters. The first-order valence-corrected chi connectivity index (χ1v) is 5.83. The van der Waals surface area contributed by atoms with Crippen molar-refractivity contribution in [2.45, 2.75) is 0 Å². The van der Waals surface area contributed by atoms with Crippen LogP contribution in [0.2, 0.25) is 5.02 Å². The molecule has 1 amide bonds. The van der Waals surface area contributed by atoms with Gasteiger partial charge in [0.1, 0.15) is 5.69 Å². The maximum Gasteiger partial charge on any atom is 0.325 e. The maximum atomic E-state index is 11.9. The molecule has 0 spiro atoms. The van der Waals surface area contributed by atoms with Crippen molar-refractivity contribution >= 4 is 28.9 Å². The summed E-state index contributed by atoms with van der Waals surface area (Å²) < 4.78 is 0. The lowest BCUT2D eigenvalue weighted by Gasteiger charge is -2.05. The van der Waals surface area contributed by atoms with Gasteiger partial charge in [0.05, 0.1) is 15.5 Å². The van der Waals surface area contributed by atoms with E-state index in [4.69, 9.17) is 11.6 Å². The molecule has 1 aromatic heterocycles. The molecule has 3 N–H and O–H groups in total. The quantitative estimate of drug-likeness (QED) is 0.570. The fourth-order valence-electron chi connectivity index (χ4n) is 1.49. The van der Waals surface area contributed by atoms with Gasteiger partial charge in [0.25, 0.3) is 17.2 Å². The van der Waals surface area contributed by atoms with Crippen LogP contribution in [-0.2, 0) is 0 Å². The second-order valence-electron chi connectivity index (χ2n) is 3.86. The normalized spacial score (nSPS) is 10.1. The molecule has 0 aliphatic heterocycles. The topological polar surface area (TPSA) is 138 Å². The molecule has 10 heteroatoms. The molecule has 9 nitrogen and oxygen atoms in total. The van der Waals surface area contributed by atoms with Gasteiger partial charge in [-0.3, -0.25) is 24.7 Å². The highest BCUT2D eigenvalue weighted by Gasteiger charge is 2.16. The predicted octanol–water partition coefficient (Wildman–Crippen LogP) is 0.877. The smallest absolute Gasteiger partial charge is 0.316 e. The number of benzene rings is 1. The fourth-order valence-corrected chi connectivity index (χ4v) is 1.75. The number of nitro groups is 1. The Balaban J connectivity index is 2.30. The Bertz CT molecular complexity index is 841. The van der Waals surface area contributed by atoms with Gasteiger partial charge >= 0.3 is 5.69 Å². The molecule has 1 aromatic carbocycles. The summed E-state index contributed by atoms with van der Waals surface area (Å²) in [5, 5.41) is 12.7. The van der Waals surface area contributed by atoms with Crippen LogP contribution in [0.4, 0.5) is 11.4 Å². The van der Waals surface area contributed by atoms with Crippen molar-refractivity contribution in [2.24, 2.45) is 0 Å². The van der Waals surface area contributed by atoms with E-state index in [0.29, 0.717) is 0 Å². The average molecular weight is 311 g/mol. The molecule has 2 rings (SSSR count). The van der Waals surface area contributed by atoms with E-state index >= 15 is 0 Å². The lowest BCUT2D eigenvalue weighted by molar-refractivity contribution is -0.384. The van der Waals surface area contributed by atoms with Crippen molar-refractivity contribution in [2.75, 3.05) is 5.32 Å². The molecule has 0 atom stereocenters. The van der Waals surface area contributed by atoms with Crippen LogP contribution in [0.15, 0.2) is 34.0 Å². The van der Waals surface area contributed by atoms with Crippen molar-refractivity contribution < 1.29 is 9.72 Å². The number of nitrogens with zero attached hydrogens (tertiary/aromatic N) is 1. The van der Waals surface area contributed by atoms with Crippen LogP contribution in [0.3, 0.4) is 0 Å². The van der Waals surface area contributed by atoms with Gasteiger partial charge in [-0.2, -0.15) is 0 Å². The predicted molar refractivity (Wildman–Crippen MR) is 73.7 cm³/mol. The summed E-state index contributed by atoms with van der Waals surface area (Å²) in [6.07, 6.45) is 1.03. The molecule has 0 bridgehead atoms. The number of halogens is 1. The second kappa shape index (κ2) is 5.59. The molecule has 0 aliphatic rings. The van der Waals surface area contributed by atoms with Gasteiger partial charge in [0.15, 0.2) is 0 Å². The number of rotatable bonds is 3. The van der Waals surface area contributed by atoms with E-state index in [1.165, 1.54) is 0 Å². The Morgan fingerprint density at radius 1 is 1.33 bits per heavy atom. The second-order valence-corrected chi connectivity index (χ2v) is 4.27. The molecule has 1 heterocycles. The summed E-state index contributed by atoms with van der Waals surface area (Å²) in [7, 11) is 0. The van der Waals surface area contributed by atoms with E-state index in [1.807, 2.05) is 4.98 Å². The van der Waals surface area contributed by atoms with Gasteiger partial charge in [-0.1, -0.05) is 11.6 Å². The van der Waals surface area contributed by atoms with Crippen molar-refractivity contribution in [3.63, 3.8) is 0 Å². The number of anilines is 1. The van der Waals surface area contributed by atoms with Crippen molar-refractivity contribution in [1.82, 2.24) is 9.97 Å². The van der Waals surface area contributed by atoms with Crippen molar-refractivity contribution in [3.8, 4) is 0 Å². The number of H-pyrrole nitrogens is 2. The minimum atomic E-state index is -0.787. The number of hydrogen-bond donors (Lipinski definition) is 3. The zero-order valence-corrected chi connectivity index (χ0v) is 10.9. The molecule has 0 saturated heterocycles. The Labute approximate surface area is 120 Å². The zero-order valence-electron chi connectivity index (χ0n) is 10.2. The van der Waals surface area contributed by atoms with Crippen LogP contribution in [0.25, 0.3) is 0 Å². The van der Waals surface area contributed by atoms with Gasteiger partial charge < -0.3 is 10.3 Å². The molecule has 0 saturated carbocycles. The molecule has 0 fully saturated rings. The van der Waals surface area contributed by atoms with E-state index < -0.39 is 22.1 Å². The SMILES string of the molecule is O=C(Nc1c[nH]c(=O)[nH]c1=O)c1ccc([N+](=O)[O-])cc1Cl. The average Bonchev–Trinajstić information content (AvgIpc) is 2.41. The van der Waals surface area contributed by atoms with Crippen LogP contribution >= 0.6 is 11.6 Å². The Morgan fingerprint density at radius 2 is 2.05 bits per heavy atom. The molecule has 0 radical (unpaired) electrons. The minimum Gasteiger partial charge on any atom is -0.316 e. The Hall–Kier alpha value is -2.94. The number of aromatic amines is 2. The Kier molecular flexibility index (Phi) is 3.85. The van der Waals surface area contributed by atoms with Gasteiger partial charge in [-0.15, -0.1) is 0 Å². The van der Waals surface area contributed by atoms with Crippen LogP contribution in [0.5, 0.6) is 0 Å². The molecular weight excluding hydrogens is 304 g/mol. The first-order valence-electron chi connectivity index (χ1n) is 5.46. The number of non-ortho nitro benzene ring substituents is 1. The van der Waals surface area contributed by atoms with E-state index in [0.717, 1.165) is 24.4 Å². The number of amides is 1. The van der Waals surface area contributed by atoms with E-state index in [2.05, 4.69) is 10.3 Å². The van der Waals surface area contributed by atoms with Crippen LogP contribution < -0.4 is 16.6 Å². The third kappa shape index (κ3) is 3.15. The summed E-state index contributed by atoms with van der Waals surface area (Å²) >= 11 is 5.79. The first kappa shape index (κ1) is 14.5. The minimum absolute atomic E-state index is 0.0483. The largest absolute Gasteiger partial charge is 0.325 e. The maximum absolute atomic E-state index is 11.9.